The molecule has 0 bridgehead atoms. The molecule has 2 atom stereocenters. The molecule has 1 rings (SSSR count). The van der Waals surface area contributed by atoms with Crippen LogP contribution in [0.3, 0.4) is 0 Å². The Morgan fingerprint density at radius 3 is 2.42 bits per heavy atom. The van der Waals surface area contributed by atoms with E-state index in [1.807, 2.05) is 0 Å². The SMILES string of the molecule is SCC1(S)N=CNC(S)(CS)N1. The van der Waals surface area contributed by atoms with Gasteiger partial charge in [0.2, 0.25) is 0 Å². The minimum absolute atomic E-state index is 0.490. The summed E-state index contributed by atoms with van der Waals surface area (Å²) < 4.78 is 0. The van der Waals surface area contributed by atoms with E-state index in [4.69, 9.17) is 0 Å². The summed E-state index contributed by atoms with van der Waals surface area (Å²) in [4.78, 5) is 2.87. The van der Waals surface area contributed by atoms with Crippen molar-refractivity contribution >= 4 is 56.9 Å². The normalized spacial score (nSPS) is 41.0. The fraction of sp³-hybridized carbons (Fsp3) is 0.800. The molecule has 1 heterocycles. The summed E-state index contributed by atoms with van der Waals surface area (Å²) in [7, 11) is 0. The lowest BCUT2D eigenvalue weighted by molar-refractivity contribution is 0.389. The highest BCUT2D eigenvalue weighted by Crippen LogP contribution is 2.23. The zero-order chi connectivity index (χ0) is 9.24. The Morgan fingerprint density at radius 1 is 1.25 bits per heavy atom. The standard InChI is InChI=1S/C5H11N3S4/c9-1-4(11)6-3-7-5(12,2-10)8-4/h3,8-12H,1-2H2,(H,6,7). The van der Waals surface area contributed by atoms with Crippen LogP contribution in [0.25, 0.3) is 0 Å². The van der Waals surface area contributed by atoms with E-state index in [0.29, 0.717) is 11.5 Å². The Hall–Kier alpha value is 0.830. The van der Waals surface area contributed by atoms with E-state index < -0.39 is 9.99 Å². The summed E-state index contributed by atoms with van der Waals surface area (Å²) in [6.07, 6.45) is 1.57. The minimum atomic E-state index is -0.654. The van der Waals surface area contributed by atoms with Crippen molar-refractivity contribution in [2.24, 2.45) is 4.99 Å². The van der Waals surface area contributed by atoms with E-state index in [1.54, 1.807) is 6.34 Å². The van der Waals surface area contributed by atoms with Gasteiger partial charge >= 0.3 is 0 Å². The smallest absolute Gasteiger partial charge is 0.168 e. The highest BCUT2D eigenvalue weighted by atomic mass is 32.1. The van der Waals surface area contributed by atoms with E-state index in [9.17, 15) is 0 Å². The molecule has 12 heavy (non-hydrogen) atoms. The van der Waals surface area contributed by atoms with E-state index in [1.165, 1.54) is 0 Å². The van der Waals surface area contributed by atoms with Crippen molar-refractivity contribution in [1.82, 2.24) is 10.6 Å². The van der Waals surface area contributed by atoms with Crippen molar-refractivity contribution in [3.05, 3.63) is 0 Å². The van der Waals surface area contributed by atoms with Crippen molar-refractivity contribution in [1.29, 1.82) is 0 Å². The third-order valence-electron chi connectivity index (χ3n) is 1.44. The monoisotopic (exact) mass is 241 g/mol. The van der Waals surface area contributed by atoms with Crippen molar-refractivity contribution in [2.45, 2.75) is 9.99 Å². The van der Waals surface area contributed by atoms with Crippen LogP contribution in [0.4, 0.5) is 0 Å². The molecular weight excluding hydrogens is 230 g/mol. The van der Waals surface area contributed by atoms with Crippen LogP contribution in [0, 0.1) is 0 Å². The number of thiol groups is 4. The Labute approximate surface area is 93.8 Å². The van der Waals surface area contributed by atoms with Gasteiger partial charge in [0.05, 0.1) is 6.34 Å². The van der Waals surface area contributed by atoms with Crippen LogP contribution in [0.1, 0.15) is 0 Å². The molecule has 3 nitrogen and oxygen atoms in total. The van der Waals surface area contributed by atoms with Crippen LogP contribution in [-0.4, -0.2) is 27.8 Å². The molecule has 70 valence electrons. The largest absolute Gasteiger partial charge is 0.349 e. The molecule has 0 spiro atoms. The quantitative estimate of drug-likeness (QED) is 0.392. The minimum Gasteiger partial charge on any atom is -0.349 e. The van der Waals surface area contributed by atoms with Crippen LogP contribution in [0.5, 0.6) is 0 Å². The van der Waals surface area contributed by atoms with E-state index in [2.05, 4.69) is 66.1 Å². The molecule has 0 aromatic carbocycles. The van der Waals surface area contributed by atoms with Gasteiger partial charge in [0.25, 0.3) is 0 Å². The Bertz CT molecular complexity index is 199. The van der Waals surface area contributed by atoms with Gasteiger partial charge < -0.3 is 5.32 Å². The molecule has 1 aliphatic rings. The summed E-state index contributed by atoms with van der Waals surface area (Å²) in [6.45, 7) is 0. The lowest BCUT2D eigenvalue weighted by atomic mass is 10.4. The van der Waals surface area contributed by atoms with E-state index in [-0.39, 0.29) is 0 Å². The lowest BCUT2D eigenvalue weighted by Gasteiger charge is -2.39. The summed E-state index contributed by atoms with van der Waals surface area (Å²) in [5.74, 6) is 1.02. The highest BCUT2D eigenvalue weighted by Gasteiger charge is 2.36. The molecular formula is C5H11N3S4. The Balaban J connectivity index is 2.75. The van der Waals surface area contributed by atoms with Crippen LogP contribution in [0.15, 0.2) is 4.99 Å². The first kappa shape index (κ1) is 10.9. The summed E-state index contributed by atoms with van der Waals surface area (Å²) in [5.41, 5.74) is 0. The first-order valence-electron chi connectivity index (χ1n) is 3.31. The van der Waals surface area contributed by atoms with Crippen LogP contribution < -0.4 is 10.6 Å². The third-order valence-corrected chi connectivity index (χ3v) is 3.65. The third kappa shape index (κ3) is 2.41. The molecule has 0 aromatic rings. The zero-order valence-corrected chi connectivity index (χ0v) is 9.81. The second-order valence-electron chi connectivity index (χ2n) is 2.52. The molecule has 0 aliphatic carbocycles. The molecule has 0 amide bonds. The number of hydrogen-bond donors (Lipinski definition) is 6. The van der Waals surface area contributed by atoms with Gasteiger partial charge in [-0.05, 0) is 0 Å². The molecule has 1 aliphatic heterocycles. The van der Waals surface area contributed by atoms with Gasteiger partial charge in [0.1, 0.15) is 4.99 Å². The average molecular weight is 241 g/mol. The van der Waals surface area contributed by atoms with Gasteiger partial charge in [-0.3, -0.25) is 5.32 Å². The van der Waals surface area contributed by atoms with Crippen molar-refractivity contribution < 1.29 is 0 Å². The van der Waals surface area contributed by atoms with Crippen LogP contribution in [0.2, 0.25) is 0 Å². The van der Waals surface area contributed by atoms with E-state index in [0.717, 1.165) is 0 Å². The molecule has 2 unspecified atom stereocenters. The van der Waals surface area contributed by atoms with Gasteiger partial charge in [-0.15, -0.1) is 25.3 Å². The Morgan fingerprint density at radius 2 is 1.92 bits per heavy atom. The molecule has 0 aromatic heterocycles. The topological polar surface area (TPSA) is 36.4 Å². The van der Waals surface area contributed by atoms with Gasteiger partial charge in [0, 0.05) is 11.5 Å². The van der Waals surface area contributed by atoms with Crippen LogP contribution in [-0.2, 0) is 0 Å². The maximum absolute atomic E-state index is 4.34. The summed E-state index contributed by atoms with van der Waals surface area (Å²) >= 11 is 16.9. The summed E-state index contributed by atoms with van der Waals surface area (Å²) in [6, 6.07) is 0. The van der Waals surface area contributed by atoms with Gasteiger partial charge in [-0.2, -0.15) is 25.3 Å². The van der Waals surface area contributed by atoms with Gasteiger partial charge in [0.15, 0.2) is 4.99 Å². The fourth-order valence-corrected chi connectivity index (χ4v) is 1.72. The lowest BCUT2D eigenvalue weighted by Crippen LogP contribution is -2.64. The predicted octanol–water partition coefficient (Wildman–Crippen LogP) is 0.234. The number of nitrogens with one attached hydrogen (secondary N) is 2. The molecule has 2 N–H and O–H groups in total. The summed E-state index contributed by atoms with van der Waals surface area (Å²) in [5, 5.41) is 6.01. The molecule has 0 radical (unpaired) electrons. The highest BCUT2D eigenvalue weighted by molar-refractivity contribution is 7.86. The molecule has 0 saturated carbocycles. The van der Waals surface area contributed by atoms with E-state index >= 15 is 0 Å². The second kappa shape index (κ2) is 3.91. The second-order valence-corrected chi connectivity index (χ2v) is 4.66. The fourth-order valence-electron chi connectivity index (χ4n) is 0.811. The maximum atomic E-state index is 4.34. The van der Waals surface area contributed by atoms with Crippen LogP contribution >= 0.6 is 50.5 Å². The molecule has 0 saturated heterocycles. The number of aliphatic imine (C=N–C) groups is 1. The number of hydrogen-bond acceptors (Lipinski definition) is 7. The van der Waals surface area contributed by atoms with Crippen molar-refractivity contribution in [2.75, 3.05) is 11.5 Å². The maximum Gasteiger partial charge on any atom is 0.168 e. The van der Waals surface area contributed by atoms with Crippen molar-refractivity contribution in [3.63, 3.8) is 0 Å². The predicted molar refractivity (Wildman–Crippen MR) is 65.9 cm³/mol. The molecule has 7 heteroatoms. The van der Waals surface area contributed by atoms with Gasteiger partial charge in [-0.1, -0.05) is 0 Å². The first-order chi connectivity index (χ1) is 5.54. The molecule has 0 fully saturated rings. The number of rotatable bonds is 2. The Kier molecular flexibility index (Phi) is 3.56. The first-order valence-corrected chi connectivity index (χ1v) is 5.47. The zero-order valence-electron chi connectivity index (χ0n) is 6.23. The van der Waals surface area contributed by atoms with Gasteiger partial charge in [-0.25, -0.2) is 4.99 Å². The average Bonchev–Trinajstić information content (AvgIpc) is 2.05. The van der Waals surface area contributed by atoms with Crippen molar-refractivity contribution in [3.8, 4) is 0 Å². The number of nitrogens with zero attached hydrogens (tertiary/aromatic N) is 1.